The predicted molar refractivity (Wildman–Crippen MR) is 95.8 cm³/mol. The predicted octanol–water partition coefficient (Wildman–Crippen LogP) is 3.56. The van der Waals surface area contributed by atoms with Crippen LogP contribution in [-0.2, 0) is 4.79 Å². The number of nitrogens with zero attached hydrogens (tertiary/aromatic N) is 3. The highest BCUT2D eigenvalue weighted by molar-refractivity contribution is 6.32. The summed E-state index contributed by atoms with van der Waals surface area (Å²) < 4.78 is 0. The van der Waals surface area contributed by atoms with Gasteiger partial charge in [-0.05, 0) is 42.8 Å². The Kier molecular flexibility index (Phi) is 3.98. The van der Waals surface area contributed by atoms with Crippen molar-refractivity contribution in [1.82, 2.24) is 0 Å². The van der Waals surface area contributed by atoms with Crippen LogP contribution in [0.2, 0.25) is 0 Å². The van der Waals surface area contributed by atoms with Gasteiger partial charge in [0.25, 0.3) is 5.91 Å². The van der Waals surface area contributed by atoms with E-state index in [0.29, 0.717) is 5.57 Å². The third-order valence-electron chi connectivity index (χ3n) is 3.78. The van der Waals surface area contributed by atoms with E-state index in [0.717, 1.165) is 22.6 Å². The Hall–Kier alpha value is -2.88. The molecule has 1 heterocycles. The standard InChI is InChI=1S/C19H19N3O/c1-14-18(13-15-9-11-16(12-10-15)21(2)3)19(23)22(20-14)17-7-5-4-6-8-17/h4-13H,1-3H3. The van der Waals surface area contributed by atoms with Gasteiger partial charge in [-0.2, -0.15) is 10.1 Å². The molecule has 0 atom stereocenters. The fourth-order valence-electron chi connectivity index (χ4n) is 2.46. The first kappa shape index (κ1) is 15.0. The van der Waals surface area contributed by atoms with Crippen LogP contribution in [0.1, 0.15) is 12.5 Å². The first-order valence-electron chi connectivity index (χ1n) is 7.50. The molecule has 116 valence electrons. The quantitative estimate of drug-likeness (QED) is 0.813. The number of hydrogen-bond donors (Lipinski definition) is 0. The van der Waals surface area contributed by atoms with Crippen LogP contribution in [0.3, 0.4) is 0 Å². The highest BCUT2D eigenvalue weighted by Crippen LogP contribution is 2.25. The van der Waals surface area contributed by atoms with Gasteiger partial charge in [0.2, 0.25) is 0 Å². The average Bonchev–Trinajstić information content (AvgIpc) is 2.84. The second-order valence-electron chi connectivity index (χ2n) is 5.68. The van der Waals surface area contributed by atoms with Crippen molar-refractivity contribution in [3.05, 3.63) is 65.7 Å². The van der Waals surface area contributed by atoms with Crippen LogP contribution < -0.4 is 9.91 Å². The van der Waals surface area contributed by atoms with Gasteiger partial charge in [-0.1, -0.05) is 30.3 Å². The lowest BCUT2D eigenvalue weighted by atomic mass is 10.1. The molecule has 1 amide bonds. The summed E-state index contributed by atoms with van der Waals surface area (Å²) in [6.45, 7) is 1.86. The van der Waals surface area contributed by atoms with Crippen LogP contribution in [0, 0.1) is 0 Å². The topological polar surface area (TPSA) is 35.9 Å². The summed E-state index contributed by atoms with van der Waals surface area (Å²) in [6, 6.07) is 17.6. The van der Waals surface area contributed by atoms with E-state index in [1.165, 1.54) is 5.01 Å². The van der Waals surface area contributed by atoms with Crippen molar-refractivity contribution in [2.24, 2.45) is 5.10 Å². The van der Waals surface area contributed by atoms with Gasteiger partial charge in [-0.3, -0.25) is 4.79 Å². The Morgan fingerprint density at radius 2 is 1.65 bits per heavy atom. The van der Waals surface area contributed by atoms with Crippen LogP contribution in [-0.4, -0.2) is 25.7 Å². The van der Waals surface area contributed by atoms with E-state index >= 15 is 0 Å². The fourth-order valence-corrected chi connectivity index (χ4v) is 2.46. The molecule has 2 aromatic rings. The van der Waals surface area contributed by atoms with Crippen LogP contribution >= 0.6 is 0 Å². The van der Waals surface area contributed by atoms with E-state index in [1.54, 1.807) is 0 Å². The van der Waals surface area contributed by atoms with Gasteiger partial charge in [-0.25, -0.2) is 0 Å². The second-order valence-corrected chi connectivity index (χ2v) is 5.68. The Labute approximate surface area is 136 Å². The maximum absolute atomic E-state index is 12.6. The van der Waals surface area contributed by atoms with Crippen molar-refractivity contribution in [3.8, 4) is 0 Å². The highest BCUT2D eigenvalue weighted by Gasteiger charge is 2.28. The molecule has 0 bridgehead atoms. The molecule has 4 heteroatoms. The molecular formula is C19H19N3O. The molecule has 0 N–H and O–H groups in total. The van der Waals surface area contributed by atoms with Crippen LogP contribution in [0.15, 0.2) is 65.3 Å². The number of hydrogen-bond acceptors (Lipinski definition) is 3. The molecule has 1 aliphatic heterocycles. The second kappa shape index (κ2) is 6.08. The number of hydrazone groups is 1. The van der Waals surface area contributed by atoms with Gasteiger partial charge in [0.1, 0.15) is 0 Å². The van der Waals surface area contributed by atoms with Crippen LogP contribution in [0.4, 0.5) is 11.4 Å². The summed E-state index contributed by atoms with van der Waals surface area (Å²) in [5.74, 6) is -0.0922. The molecule has 23 heavy (non-hydrogen) atoms. The molecule has 0 aliphatic carbocycles. The van der Waals surface area contributed by atoms with E-state index < -0.39 is 0 Å². The molecule has 0 saturated carbocycles. The lowest BCUT2D eigenvalue weighted by molar-refractivity contribution is -0.114. The third kappa shape index (κ3) is 3.01. The Bertz CT molecular complexity index is 774. The molecule has 2 aromatic carbocycles. The Morgan fingerprint density at radius 1 is 1.00 bits per heavy atom. The van der Waals surface area contributed by atoms with Gasteiger partial charge in [0, 0.05) is 19.8 Å². The third-order valence-corrected chi connectivity index (χ3v) is 3.78. The van der Waals surface area contributed by atoms with Crippen molar-refractivity contribution >= 4 is 29.1 Å². The molecule has 0 radical (unpaired) electrons. The molecule has 0 saturated heterocycles. The Morgan fingerprint density at radius 3 is 2.26 bits per heavy atom. The molecular weight excluding hydrogens is 286 g/mol. The molecule has 4 nitrogen and oxygen atoms in total. The van der Waals surface area contributed by atoms with Crippen LogP contribution in [0.25, 0.3) is 6.08 Å². The maximum Gasteiger partial charge on any atom is 0.280 e. The number of amides is 1. The largest absolute Gasteiger partial charge is 0.378 e. The smallest absolute Gasteiger partial charge is 0.280 e. The summed E-state index contributed by atoms with van der Waals surface area (Å²) in [7, 11) is 4.00. The SMILES string of the molecule is CC1=NN(c2ccccc2)C(=O)C1=Cc1ccc(N(C)C)cc1. The number of benzene rings is 2. The summed E-state index contributed by atoms with van der Waals surface area (Å²) in [4.78, 5) is 14.7. The maximum atomic E-state index is 12.6. The normalized spacial score (nSPS) is 16.0. The van der Waals surface area contributed by atoms with Crippen molar-refractivity contribution in [2.75, 3.05) is 24.0 Å². The summed E-state index contributed by atoms with van der Waals surface area (Å²) in [5, 5.41) is 5.84. The van der Waals surface area contributed by atoms with Crippen molar-refractivity contribution in [1.29, 1.82) is 0 Å². The zero-order valence-electron chi connectivity index (χ0n) is 13.5. The van der Waals surface area contributed by atoms with Crippen molar-refractivity contribution < 1.29 is 4.79 Å². The Balaban J connectivity index is 1.89. The summed E-state index contributed by atoms with van der Waals surface area (Å²) in [5.41, 5.74) is 4.26. The van der Waals surface area contributed by atoms with Gasteiger partial charge in [-0.15, -0.1) is 0 Å². The number of carbonyl (C=O) groups is 1. The summed E-state index contributed by atoms with van der Waals surface area (Å²) in [6.07, 6.45) is 1.89. The average molecular weight is 305 g/mol. The molecule has 0 fully saturated rings. The van der Waals surface area contributed by atoms with Crippen molar-refractivity contribution in [2.45, 2.75) is 6.92 Å². The molecule has 0 spiro atoms. The van der Waals surface area contributed by atoms with Gasteiger partial charge in [0.15, 0.2) is 0 Å². The lowest BCUT2D eigenvalue weighted by Gasteiger charge is -2.12. The van der Waals surface area contributed by atoms with E-state index in [9.17, 15) is 4.79 Å². The first-order valence-corrected chi connectivity index (χ1v) is 7.50. The van der Waals surface area contributed by atoms with E-state index in [2.05, 4.69) is 5.10 Å². The number of rotatable bonds is 3. The zero-order valence-corrected chi connectivity index (χ0v) is 13.5. The number of anilines is 2. The molecule has 3 rings (SSSR count). The highest BCUT2D eigenvalue weighted by atomic mass is 16.2. The van der Waals surface area contributed by atoms with Gasteiger partial charge >= 0.3 is 0 Å². The number of para-hydroxylation sites is 1. The number of carbonyl (C=O) groups excluding carboxylic acids is 1. The minimum atomic E-state index is -0.0922. The van der Waals surface area contributed by atoms with E-state index in [4.69, 9.17) is 0 Å². The first-order chi connectivity index (χ1) is 11.1. The monoisotopic (exact) mass is 305 g/mol. The molecule has 0 unspecified atom stereocenters. The minimum absolute atomic E-state index is 0.0922. The lowest BCUT2D eigenvalue weighted by Crippen LogP contribution is -2.21. The fraction of sp³-hybridized carbons (Fsp3) is 0.158. The van der Waals surface area contributed by atoms with Crippen molar-refractivity contribution in [3.63, 3.8) is 0 Å². The van der Waals surface area contributed by atoms with Crippen LogP contribution in [0.5, 0.6) is 0 Å². The van der Waals surface area contributed by atoms with E-state index in [-0.39, 0.29) is 5.91 Å². The molecule has 1 aliphatic rings. The van der Waals surface area contributed by atoms with E-state index in [1.807, 2.05) is 86.6 Å². The minimum Gasteiger partial charge on any atom is -0.378 e. The van der Waals surface area contributed by atoms with Gasteiger partial charge < -0.3 is 4.90 Å². The van der Waals surface area contributed by atoms with Gasteiger partial charge in [0.05, 0.1) is 17.0 Å². The zero-order chi connectivity index (χ0) is 16.4. The molecule has 0 aromatic heterocycles. The summed E-state index contributed by atoms with van der Waals surface area (Å²) >= 11 is 0.